The second kappa shape index (κ2) is 22.7. The highest BCUT2D eigenvalue weighted by Gasteiger charge is 2.39. The minimum absolute atomic E-state index is 0.0224. The number of nitrogens with zero attached hydrogens (tertiary/aromatic N) is 4. The number of anilines is 4. The molecule has 4 N–H and O–H groups in total. The lowest BCUT2D eigenvalue weighted by molar-refractivity contribution is -0.197. The lowest BCUT2D eigenvalue weighted by atomic mass is 10.1. The molecular weight excluding hydrogens is 1020 g/mol. The van der Waals surface area contributed by atoms with Crippen LogP contribution in [0.5, 0.6) is 23.0 Å². The standard InChI is InChI=1S/C58H58N8O13/c1-32(61-51(67)15-9-10-16-54(70)79-66-52(68)17-18-53(66)69)55(71)62-33(2)56(72)63-38-20-34(30-77-49-26-43-41(24-47(49)75-3)57(73)64-39(28-59-43)22-36-11-5-7-13-45(36)64)19-35(21-38)31-78-50-27-44-42(25-48(50)76-4)58(74)65-40(29-60-44)23-37-12-6-8-14-46(37)65/h5-8,11-14,19-21,24-28,32-33,39-40,60H,9-10,15-18,22-23,29-31H2,1-4H3,(H,61,67)(H,62,71)(H,63,72)/t32?,33?,39-,40+/m1/s1. The van der Waals surface area contributed by atoms with E-state index in [1.807, 2.05) is 59.5 Å². The number of hydrogen-bond donors (Lipinski definition) is 4. The Hall–Kier alpha value is -9.27. The second-order valence-corrected chi connectivity index (χ2v) is 19.8. The number of ether oxygens (including phenoxy) is 4. The summed E-state index contributed by atoms with van der Waals surface area (Å²) in [7, 11) is 2.98. The highest BCUT2D eigenvalue weighted by molar-refractivity contribution is 6.15. The third kappa shape index (κ3) is 11.3. The van der Waals surface area contributed by atoms with Crippen LogP contribution in [0.1, 0.15) is 95.3 Å². The lowest BCUT2D eigenvalue weighted by Gasteiger charge is -2.22. The molecule has 1 saturated heterocycles. The minimum Gasteiger partial charge on any atom is -0.493 e. The Labute approximate surface area is 454 Å². The zero-order chi connectivity index (χ0) is 55.5. The van der Waals surface area contributed by atoms with Crippen molar-refractivity contribution in [1.82, 2.24) is 15.7 Å². The molecule has 0 aromatic heterocycles. The summed E-state index contributed by atoms with van der Waals surface area (Å²) in [5, 5.41) is 12.0. The molecule has 10 rings (SSSR count). The summed E-state index contributed by atoms with van der Waals surface area (Å²) in [5.41, 5.74) is 7.20. The number of carbonyl (C=O) groups excluding carboxylic acids is 8. The molecule has 0 aliphatic carbocycles. The maximum absolute atomic E-state index is 14.1. The summed E-state index contributed by atoms with van der Waals surface area (Å²) in [6.07, 6.45) is 3.41. The molecule has 79 heavy (non-hydrogen) atoms. The van der Waals surface area contributed by atoms with Crippen molar-refractivity contribution in [2.45, 2.75) is 103 Å². The number of aliphatic imine (C=N–C) groups is 1. The van der Waals surface area contributed by atoms with Crippen LogP contribution in [-0.4, -0.2) is 104 Å². The maximum Gasteiger partial charge on any atom is 0.333 e. The first-order valence-corrected chi connectivity index (χ1v) is 26.1. The van der Waals surface area contributed by atoms with Gasteiger partial charge in [0.1, 0.15) is 25.3 Å². The molecule has 408 valence electrons. The second-order valence-electron chi connectivity index (χ2n) is 19.8. The van der Waals surface area contributed by atoms with E-state index in [1.165, 1.54) is 28.1 Å². The summed E-state index contributed by atoms with van der Waals surface area (Å²) < 4.78 is 24.4. The van der Waals surface area contributed by atoms with Gasteiger partial charge in [0.25, 0.3) is 23.6 Å². The van der Waals surface area contributed by atoms with Crippen molar-refractivity contribution in [2.24, 2.45) is 4.99 Å². The monoisotopic (exact) mass is 1070 g/mol. The number of amides is 7. The van der Waals surface area contributed by atoms with Gasteiger partial charge in [-0.1, -0.05) is 36.4 Å². The van der Waals surface area contributed by atoms with Crippen molar-refractivity contribution in [3.05, 3.63) is 124 Å². The van der Waals surface area contributed by atoms with Gasteiger partial charge in [0, 0.05) is 74.1 Å². The SMILES string of the molecule is COc1cc2c(cc1OCc1cc(COc3cc4c(cc3OC)C(=O)N3c5ccccc5C[C@H]3CN4)cc(NC(=O)C(C)NC(=O)C(C)NC(=O)CCCCC(=O)ON3C(=O)CCC3=O)c1)N=C[C@H]1Cc3ccccc3N1C2=O. The number of unbranched alkanes of at least 4 members (excludes halogenated alkanes) is 1. The predicted octanol–water partition coefficient (Wildman–Crippen LogP) is 6.26. The molecule has 5 heterocycles. The van der Waals surface area contributed by atoms with E-state index in [4.69, 9.17) is 28.8 Å². The molecule has 4 atom stereocenters. The van der Waals surface area contributed by atoms with E-state index in [9.17, 15) is 38.4 Å². The first-order valence-electron chi connectivity index (χ1n) is 26.1. The van der Waals surface area contributed by atoms with Gasteiger partial charge in [0.2, 0.25) is 17.7 Å². The largest absolute Gasteiger partial charge is 0.493 e. The Kier molecular flexibility index (Phi) is 15.3. The van der Waals surface area contributed by atoms with E-state index in [-0.39, 0.29) is 75.6 Å². The lowest BCUT2D eigenvalue weighted by Crippen LogP contribution is -2.50. The first kappa shape index (κ1) is 53.1. The molecule has 21 heteroatoms. The van der Waals surface area contributed by atoms with Crippen LogP contribution >= 0.6 is 0 Å². The van der Waals surface area contributed by atoms with Crippen LogP contribution in [0.2, 0.25) is 0 Å². The summed E-state index contributed by atoms with van der Waals surface area (Å²) >= 11 is 0. The number of carbonyl (C=O) groups is 8. The summed E-state index contributed by atoms with van der Waals surface area (Å²) in [5.74, 6) is -2.68. The molecule has 5 aliphatic rings. The van der Waals surface area contributed by atoms with Crippen LogP contribution in [0.4, 0.5) is 28.4 Å². The molecule has 21 nitrogen and oxygen atoms in total. The van der Waals surface area contributed by atoms with Gasteiger partial charge >= 0.3 is 5.97 Å². The van der Waals surface area contributed by atoms with Crippen LogP contribution in [0.15, 0.2) is 96.0 Å². The van der Waals surface area contributed by atoms with E-state index in [2.05, 4.69) is 21.3 Å². The van der Waals surface area contributed by atoms with Gasteiger partial charge < -0.3 is 50.0 Å². The topological polar surface area (TPSA) is 253 Å². The molecule has 7 amide bonds. The molecule has 0 spiro atoms. The van der Waals surface area contributed by atoms with Gasteiger partial charge in [-0.25, -0.2) is 4.79 Å². The van der Waals surface area contributed by atoms with Crippen LogP contribution in [-0.2, 0) is 59.7 Å². The zero-order valence-electron chi connectivity index (χ0n) is 43.9. The molecule has 5 aliphatic heterocycles. The molecule has 0 saturated carbocycles. The quantitative estimate of drug-likeness (QED) is 0.0526. The fourth-order valence-electron chi connectivity index (χ4n) is 10.3. The van der Waals surface area contributed by atoms with Crippen molar-refractivity contribution < 1.29 is 62.1 Å². The molecule has 0 radical (unpaired) electrons. The summed E-state index contributed by atoms with van der Waals surface area (Å²) in [4.78, 5) is 117. The van der Waals surface area contributed by atoms with E-state index in [1.54, 1.807) is 47.5 Å². The van der Waals surface area contributed by atoms with Crippen LogP contribution in [0.25, 0.3) is 0 Å². The number of imide groups is 1. The van der Waals surface area contributed by atoms with E-state index >= 15 is 0 Å². The van der Waals surface area contributed by atoms with Crippen molar-refractivity contribution in [3.63, 3.8) is 0 Å². The third-order valence-corrected chi connectivity index (χ3v) is 14.3. The van der Waals surface area contributed by atoms with Crippen molar-refractivity contribution >= 4 is 82.0 Å². The minimum atomic E-state index is -1.08. The Morgan fingerprint density at radius 2 is 1.27 bits per heavy atom. The highest BCUT2D eigenvalue weighted by Crippen LogP contribution is 2.43. The molecule has 0 bridgehead atoms. The number of hydroxylamine groups is 2. The fraction of sp³-hybridized carbons (Fsp3) is 0.328. The zero-order valence-corrected chi connectivity index (χ0v) is 43.9. The number of para-hydroxylation sites is 2. The Bertz CT molecular complexity index is 3330. The van der Waals surface area contributed by atoms with Gasteiger partial charge in [0.05, 0.1) is 48.8 Å². The van der Waals surface area contributed by atoms with Crippen molar-refractivity contribution in [2.75, 3.05) is 41.2 Å². The Balaban J connectivity index is 0.825. The Morgan fingerprint density at radius 3 is 1.95 bits per heavy atom. The van der Waals surface area contributed by atoms with Crippen molar-refractivity contribution in [1.29, 1.82) is 0 Å². The van der Waals surface area contributed by atoms with E-state index < -0.39 is 47.6 Å². The number of fused-ring (bicyclic) bond motifs is 8. The molecule has 5 aromatic carbocycles. The van der Waals surface area contributed by atoms with Gasteiger partial charge in [0.15, 0.2) is 23.0 Å². The molecule has 1 fully saturated rings. The highest BCUT2D eigenvalue weighted by atomic mass is 16.7. The van der Waals surface area contributed by atoms with Crippen LogP contribution in [0.3, 0.4) is 0 Å². The molecule has 5 aromatic rings. The number of nitrogens with one attached hydrogen (secondary N) is 4. The fourth-order valence-corrected chi connectivity index (χ4v) is 10.3. The number of methoxy groups -OCH3 is 2. The predicted molar refractivity (Wildman–Crippen MR) is 289 cm³/mol. The molecular formula is C58H58N8O13. The average molecular weight is 1080 g/mol. The van der Waals surface area contributed by atoms with E-state index in [0.29, 0.717) is 86.8 Å². The van der Waals surface area contributed by atoms with Crippen LogP contribution < -0.4 is 50.0 Å². The maximum atomic E-state index is 14.1. The first-order chi connectivity index (χ1) is 38.2. The van der Waals surface area contributed by atoms with Gasteiger partial charge in [-0.05, 0) is 97.8 Å². The average Bonchev–Trinajstić information content (AvgIpc) is 4.29. The normalized spacial score (nSPS) is 17.3. The van der Waals surface area contributed by atoms with Gasteiger partial charge in [-0.2, -0.15) is 0 Å². The smallest absolute Gasteiger partial charge is 0.333 e. The van der Waals surface area contributed by atoms with Crippen molar-refractivity contribution in [3.8, 4) is 23.0 Å². The number of rotatable bonds is 19. The number of hydrogen-bond acceptors (Lipinski definition) is 15. The molecule has 2 unspecified atom stereocenters. The van der Waals surface area contributed by atoms with Gasteiger partial charge in [-0.15, -0.1) is 5.06 Å². The van der Waals surface area contributed by atoms with Gasteiger partial charge in [-0.3, -0.25) is 43.5 Å². The number of benzene rings is 5. The van der Waals surface area contributed by atoms with E-state index in [0.717, 1.165) is 22.5 Å². The summed E-state index contributed by atoms with van der Waals surface area (Å²) in [6, 6.07) is 25.2. The summed E-state index contributed by atoms with van der Waals surface area (Å²) in [6.45, 7) is 3.40. The van der Waals surface area contributed by atoms with Crippen LogP contribution in [0, 0.1) is 0 Å². The Morgan fingerprint density at radius 1 is 0.671 bits per heavy atom. The third-order valence-electron chi connectivity index (χ3n) is 14.3.